The summed E-state index contributed by atoms with van der Waals surface area (Å²) >= 11 is 1.53. The summed E-state index contributed by atoms with van der Waals surface area (Å²) in [5.41, 5.74) is 2.13. The standard InChI is InChI=1S/C19H20N4OS/c1-13-7-8-17(25-13)19(24)20-15-9-10-23(12-15)18-11-16(21-22-18)14-5-3-2-4-6-14/h2-8,11,15H,9-10,12H2,1H3,(H,20,24)(H,21,22). The number of benzene rings is 1. The monoisotopic (exact) mass is 352 g/mol. The molecule has 1 aromatic carbocycles. The largest absolute Gasteiger partial charge is 0.353 e. The third-order valence-electron chi connectivity index (χ3n) is 4.46. The minimum atomic E-state index is 0.0250. The molecule has 6 heteroatoms. The van der Waals surface area contributed by atoms with E-state index < -0.39 is 0 Å². The Morgan fingerprint density at radius 2 is 2.12 bits per heavy atom. The van der Waals surface area contributed by atoms with Crippen molar-refractivity contribution in [1.82, 2.24) is 15.5 Å². The number of nitrogens with zero attached hydrogens (tertiary/aromatic N) is 2. The second-order valence-corrected chi connectivity index (χ2v) is 7.61. The summed E-state index contributed by atoms with van der Waals surface area (Å²) in [5.74, 6) is 0.958. The highest BCUT2D eigenvalue weighted by molar-refractivity contribution is 7.13. The van der Waals surface area contributed by atoms with Crippen molar-refractivity contribution in [2.24, 2.45) is 0 Å². The van der Waals surface area contributed by atoms with Gasteiger partial charge < -0.3 is 10.2 Å². The van der Waals surface area contributed by atoms with Crippen molar-refractivity contribution in [2.75, 3.05) is 18.0 Å². The van der Waals surface area contributed by atoms with Gasteiger partial charge in [0.05, 0.1) is 10.6 Å². The van der Waals surface area contributed by atoms with Crippen LogP contribution in [0.4, 0.5) is 5.82 Å². The molecule has 128 valence electrons. The molecule has 3 aromatic rings. The van der Waals surface area contributed by atoms with Crippen LogP contribution in [0.1, 0.15) is 21.0 Å². The van der Waals surface area contributed by atoms with Crippen LogP contribution < -0.4 is 10.2 Å². The van der Waals surface area contributed by atoms with E-state index in [-0.39, 0.29) is 11.9 Å². The number of H-pyrrole nitrogens is 1. The molecule has 1 amide bonds. The van der Waals surface area contributed by atoms with Crippen molar-refractivity contribution in [1.29, 1.82) is 0 Å². The fourth-order valence-electron chi connectivity index (χ4n) is 3.14. The number of aromatic amines is 1. The summed E-state index contributed by atoms with van der Waals surface area (Å²) in [5, 5.41) is 10.7. The Morgan fingerprint density at radius 3 is 2.88 bits per heavy atom. The number of rotatable bonds is 4. The maximum atomic E-state index is 12.3. The zero-order valence-electron chi connectivity index (χ0n) is 14.0. The smallest absolute Gasteiger partial charge is 0.261 e. The molecule has 1 atom stereocenters. The molecule has 1 aliphatic rings. The highest BCUT2D eigenvalue weighted by Gasteiger charge is 2.26. The number of anilines is 1. The van der Waals surface area contributed by atoms with E-state index in [0.717, 1.165) is 46.3 Å². The quantitative estimate of drug-likeness (QED) is 0.756. The number of carbonyl (C=O) groups is 1. The van der Waals surface area contributed by atoms with Crippen LogP contribution in [0.25, 0.3) is 11.3 Å². The molecule has 4 rings (SSSR count). The van der Waals surface area contributed by atoms with E-state index in [9.17, 15) is 4.79 Å². The van der Waals surface area contributed by atoms with Crippen molar-refractivity contribution in [3.8, 4) is 11.3 Å². The molecule has 1 unspecified atom stereocenters. The summed E-state index contributed by atoms with van der Waals surface area (Å²) in [4.78, 5) is 16.5. The van der Waals surface area contributed by atoms with Crippen molar-refractivity contribution in [3.05, 3.63) is 58.3 Å². The number of thiophene rings is 1. The van der Waals surface area contributed by atoms with Crippen molar-refractivity contribution in [2.45, 2.75) is 19.4 Å². The molecule has 5 nitrogen and oxygen atoms in total. The number of aryl methyl sites for hydroxylation is 1. The fraction of sp³-hybridized carbons (Fsp3) is 0.263. The predicted molar refractivity (Wildman–Crippen MR) is 101 cm³/mol. The fourth-order valence-corrected chi connectivity index (χ4v) is 3.91. The van der Waals surface area contributed by atoms with Crippen molar-refractivity contribution >= 4 is 23.1 Å². The van der Waals surface area contributed by atoms with Gasteiger partial charge in [0.25, 0.3) is 5.91 Å². The highest BCUT2D eigenvalue weighted by Crippen LogP contribution is 2.24. The molecule has 0 aliphatic carbocycles. The van der Waals surface area contributed by atoms with E-state index >= 15 is 0 Å². The number of nitrogens with one attached hydrogen (secondary N) is 2. The summed E-state index contributed by atoms with van der Waals surface area (Å²) in [6, 6.07) is 16.3. The second-order valence-electron chi connectivity index (χ2n) is 6.32. The molecule has 3 heterocycles. The third kappa shape index (κ3) is 3.44. The minimum Gasteiger partial charge on any atom is -0.353 e. The molecule has 0 spiro atoms. The topological polar surface area (TPSA) is 61.0 Å². The van der Waals surface area contributed by atoms with Crippen LogP contribution in [0.3, 0.4) is 0 Å². The minimum absolute atomic E-state index is 0.0250. The second kappa shape index (κ2) is 6.72. The highest BCUT2D eigenvalue weighted by atomic mass is 32.1. The summed E-state index contributed by atoms with van der Waals surface area (Å²) < 4.78 is 0. The lowest BCUT2D eigenvalue weighted by molar-refractivity contribution is 0.0944. The van der Waals surface area contributed by atoms with Crippen molar-refractivity contribution in [3.63, 3.8) is 0 Å². The zero-order chi connectivity index (χ0) is 17.2. The Hall–Kier alpha value is -2.60. The van der Waals surface area contributed by atoms with Gasteiger partial charge in [-0.05, 0) is 31.0 Å². The van der Waals surface area contributed by atoms with Gasteiger partial charge in [0.2, 0.25) is 0 Å². The van der Waals surface area contributed by atoms with Gasteiger partial charge >= 0.3 is 0 Å². The summed E-state index contributed by atoms with van der Waals surface area (Å²) in [6.45, 7) is 3.70. The number of aromatic nitrogens is 2. The van der Waals surface area contributed by atoms with Gasteiger partial charge in [-0.15, -0.1) is 11.3 Å². The number of hydrogen-bond acceptors (Lipinski definition) is 4. The van der Waals surface area contributed by atoms with Gasteiger partial charge in [-0.3, -0.25) is 9.89 Å². The van der Waals surface area contributed by atoms with E-state index in [2.05, 4.69) is 38.6 Å². The third-order valence-corrected chi connectivity index (χ3v) is 5.46. The van der Waals surface area contributed by atoms with Gasteiger partial charge in [0, 0.05) is 30.1 Å². The molecule has 1 saturated heterocycles. The zero-order valence-corrected chi connectivity index (χ0v) is 14.8. The van der Waals surface area contributed by atoms with Crippen LogP contribution in [0.5, 0.6) is 0 Å². The maximum Gasteiger partial charge on any atom is 0.261 e. The van der Waals surface area contributed by atoms with E-state index in [1.165, 1.54) is 11.3 Å². The molecule has 25 heavy (non-hydrogen) atoms. The van der Waals surface area contributed by atoms with E-state index in [1.807, 2.05) is 37.3 Å². The lowest BCUT2D eigenvalue weighted by atomic mass is 10.1. The molecular weight excluding hydrogens is 332 g/mol. The van der Waals surface area contributed by atoms with E-state index in [0.29, 0.717) is 0 Å². The van der Waals surface area contributed by atoms with Crippen LogP contribution in [-0.4, -0.2) is 35.2 Å². The number of amides is 1. The molecule has 1 aliphatic heterocycles. The molecule has 1 fully saturated rings. The molecule has 2 aromatic heterocycles. The molecule has 2 N–H and O–H groups in total. The average molecular weight is 352 g/mol. The predicted octanol–water partition coefficient (Wildman–Crippen LogP) is 3.46. The molecule has 0 saturated carbocycles. The van der Waals surface area contributed by atoms with E-state index in [1.54, 1.807) is 0 Å². The Morgan fingerprint density at radius 1 is 1.28 bits per heavy atom. The molecule has 0 bridgehead atoms. The van der Waals surface area contributed by atoms with Crippen LogP contribution in [0.2, 0.25) is 0 Å². The van der Waals surface area contributed by atoms with Gasteiger partial charge in [0.15, 0.2) is 5.82 Å². The Kier molecular flexibility index (Phi) is 4.28. The molecule has 0 radical (unpaired) electrons. The SMILES string of the molecule is Cc1ccc(C(=O)NC2CCN(c3cc(-c4ccccc4)[nH]n3)C2)s1. The van der Waals surface area contributed by atoms with Crippen LogP contribution in [-0.2, 0) is 0 Å². The first-order valence-corrected chi connectivity index (χ1v) is 9.24. The first kappa shape index (κ1) is 15.9. The van der Waals surface area contributed by atoms with Gasteiger partial charge in [-0.25, -0.2) is 0 Å². The lowest BCUT2D eigenvalue weighted by Gasteiger charge is -2.15. The average Bonchev–Trinajstić information content (AvgIpc) is 3.35. The Balaban J connectivity index is 1.39. The molecular formula is C19H20N4OS. The van der Waals surface area contributed by atoms with Crippen molar-refractivity contribution < 1.29 is 4.79 Å². The van der Waals surface area contributed by atoms with Crippen LogP contribution >= 0.6 is 11.3 Å². The Bertz CT molecular complexity index is 870. The summed E-state index contributed by atoms with van der Waals surface area (Å²) in [7, 11) is 0. The number of hydrogen-bond donors (Lipinski definition) is 2. The lowest BCUT2D eigenvalue weighted by Crippen LogP contribution is -2.36. The first-order chi connectivity index (χ1) is 12.2. The first-order valence-electron chi connectivity index (χ1n) is 8.42. The normalized spacial score (nSPS) is 17.0. The van der Waals surface area contributed by atoms with Gasteiger partial charge in [-0.2, -0.15) is 5.10 Å². The van der Waals surface area contributed by atoms with E-state index in [4.69, 9.17) is 0 Å². The Labute approximate surface area is 150 Å². The van der Waals surface area contributed by atoms with Crippen LogP contribution in [0, 0.1) is 6.92 Å². The number of carbonyl (C=O) groups excluding carboxylic acids is 1. The van der Waals surface area contributed by atoms with Crippen LogP contribution in [0.15, 0.2) is 48.5 Å². The van der Waals surface area contributed by atoms with Gasteiger partial charge in [-0.1, -0.05) is 30.3 Å². The van der Waals surface area contributed by atoms with Gasteiger partial charge in [0.1, 0.15) is 0 Å². The summed E-state index contributed by atoms with van der Waals surface area (Å²) in [6.07, 6.45) is 0.934. The maximum absolute atomic E-state index is 12.3.